The highest BCUT2D eigenvalue weighted by Gasteiger charge is 2.26. The van der Waals surface area contributed by atoms with Crippen LogP contribution < -0.4 is 4.74 Å². The number of aromatic nitrogens is 2. The van der Waals surface area contributed by atoms with Gasteiger partial charge in [0.2, 0.25) is 5.88 Å². The van der Waals surface area contributed by atoms with E-state index in [1.165, 1.54) is 29.8 Å². The molecule has 35 heavy (non-hydrogen) atoms. The zero-order chi connectivity index (χ0) is 24.6. The van der Waals surface area contributed by atoms with E-state index < -0.39 is 15.7 Å². The molecule has 0 radical (unpaired) electrons. The van der Waals surface area contributed by atoms with Crippen LogP contribution in [0.3, 0.4) is 0 Å². The van der Waals surface area contributed by atoms with Gasteiger partial charge >= 0.3 is 0 Å². The summed E-state index contributed by atoms with van der Waals surface area (Å²) in [4.78, 5) is 23.1. The second kappa shape index (κ2) is 9.35. The minimum absolute atomic E-state index is 0.0142. The van der Waals surface area contributed by atoms with Gasteiger partial charge in [0.15, 0.2) is 9.84 Å². The second-order valence-corrected chi connectivity index (χ2v) is 11.3. The van der Waals surface area contributed by atoms with Crippen LogP contribution in [0, 0.1) is 5.82 Å². The number of amides is 1. The van der Waals surface area contributed by atoms with E-state index in [1.807, 2.05) is 35.2 Å². The number of fused-ring (bicyclic) bond motifs is 1. The molecule has 0 N–H and O–H groups in total. The summed E-state index contributed by atoms with van der Waals surface area (Å²) in [6.07, 6.45) is 3.66. The maximum atomic E-state index is 14.8. The first-order valence-corrected chi connectivity index (χ1v) is 13.8. The van der Waals surface area contributed by atoms with Crippen LogP contribution >= 0.6 is 11.3 Å². The number of carbonyl (C=O) groups excluding carboxylic acids is 1. The minimum Gasteiger partial charge on any atom is -0.473 e. The van der Waals surface area contributed by atoms with Gasteiger partial charge in [0, 0.05) is 54.3 Å². The van der Waals surface area contributed by atoms with Crippen LogP contribution in [0.2, 0.25) is 0 Å². The molecule has 0 spiro atoms. The summed E-state index contributed by atoms with van der Waals surface area (Å²) in [5, 5.41) is 1.77. The fraction of sp³-hybridized carbons (Fsp3) is 0.240. The molecule has 1 aliphatic rings. The number of benzene rings is 2. The average Bonchev–Trinajstić information content (AvgIpc) is 3.29. The fourth-order valence-corrected chi connectivity index (χ4v) is 5.73. The van der Waals surface area contributed by atoms with Crippen molar-refractivity contribution >= 4 is 37.3 Å². The zero-order valence-electron chi connectivity index (χ0n) is 18.8. The lowest BCUT2D eigenvalue weighted by Gasteiger charge is -2.32. The molecule has 1 fully saturated rings. The van der Waals surface area contributed by atoms with E-state index in [2.05, 4.69) is 9.97 Å². The number of halogens is 1. The Morgan fingerprint density at radius 1 is 1.09 bits per heavy atom. The Bertz CT molecular complexity index is 1500. The van der Waals surface area contributed by atoms with E-state index in [9.17, 15) is 17.6 Å². The Morgan fingerprint density at radius 3 is 2.51 bits per heavy atom. The van der Waals surface area contributed by atoms with Crippen LogP contribution in [0.4, 0.5) is 4.39 Å². The number of sulfone groups is 1. The summed E-state index contributed by atoms with van der Waals surface area (Å²) in [6, 6.07) is 13.1. The van der Waals surface area contributed by atoms with E-state index in [0.717, 1.165) is 12.3 Å². The van der Waals surface area contributed by atoms with Gasteiger partial charge in [0.1, 0.15) is 22.9 Å². The molecule has 3 heterocycles. The van der Waals surface area contributed by atoms with Gasteiger partial charge in [-0.2, -0.15) is 0 Å². The molecule has 0 unspecified atom stereocenters. The predicted octanol–water partition coefficient (Wildman–Crippen LogP) is 4.58. The van der Waals surface area contributed by atoms with Crippen LogP contribution in [-0.4, -0.2) is 54.6 Å². The van der Waals surface area contributed by atoms with Crippen molar-refractivity contribution in [2.75, 3.05) is 19.3 Å². The van der Waals surface area contributed by atoms with Crippen molar-refractivity contribution in [3.05, 3.63) is 71.6 Å². The largest absolute Gasteiger partial charge is 0.473 e. The van der Waals surface area contributed by atoms with Gasteiger partial charge in [-0.05, 0) is 24.3 Å². The van der Waals surface area contributed by atoms with Crippen molar-refractivity contribution < 1.29 is 22.3 Å². The second-order valence-electron chi connectivity index (χ2n) is 8.40. The predicted molar refractivity (Wildman–Crippen MR) is 132 cm³/mol. The smallest absolute Gasteiger partial charge is 0.253 e. The standard InChI is InChI=1S/C25H22FN3O4S2/c1-35(31,32)18-7-8-19(21(26)13-18)20-14-34-23-22(20)27-15-28-24(23)33-17-9-11-29(12-10-17)25(30)16-5-3-2-4-6-16/h2-8,13-15,17H,9-12H2,1H3. The molecule has 7 nitrogen and oxygen atoms in total. The number of likely N-dealkylation sites (tertiary alicyclic amines) is 1. The van der Waals surface area contributed by atoms with Gasteiger partial charge in [-0.3, -0.25) is 4.79 Å². The number of carbonyl (C=O) groups is 1. The molecule has 4 aromatic rings. The molecule has 0 aliphatic carbocycles. The SMILES string of the molecule is CS(=O)(=O)c1ccc(-c2csc3c(OC4CCN(C(=O)c5ccccc5)CC4)ncnc23)c(F)c1. The summed E-state index contributed by atoms with van der Waals surface area (Å²) < 4.78 is 45.2. The van der Waals surface area contributed by atoms with Crippen LogP contribution in [0.25, 0.3) is 21.3 Å². The quantitative estimate of drug-likeness (QED) is 0.390. The summed E-state index contributed by atoms with van der Waals surface area (Å²) in [5.41, 5.74) is 2.04. The van der Waals surface area contributed by atoms with Crippen LogP contribution in [-0.2, 0) is 9.84 Å². The zero-order valence-corrected chi connectivity index (χ0v) is 20.5. The highest BCUT2D eigenvalue weighted by atomic mass is 32.2. The first kappa shape index (κ1) is 23.4. The first-order chi connectivity index (χ1) is 16.8. The van der Waals surface area contributed by atoms with E-state index in [4.69, 9.17) is 4.74 Å². The molecule has 180 valence electrons. The fourth-order valence-electron chi connectivity index (χ4n) is 4.15. The number of piperidine rings is 1. The Balaban J connectivity index is 1.33. The third-order valence-electron chi connectivity index (χ3n) is 6.01. The third-order valence-corrected chi connectivity index (χ3v) is 8.08. The van der Waals surface area contributed by atoms with Gasteiger partial charge in [-0.25, -0.2) is 22.8 Å². The highest BCUT2D eigenvalue weighted by Crippen LogP contribution is 2.38. The lowest BCUT2D eigenvalue weighted by Crippen LogP contribution is -2.41. The van der Waals surface area contributed by atoms with Crippen molar-refractivity contribution in [1.29, 1.82) is 0 Å². The van der Waals surface area contributed by atoms with Crippen LogP contribution in [0.1, 0.15) is 23.2 Å². The van der Waals surface area contributed by atoms with Crippen LogP contribution in [0.15, 0.2) is 65.1 Å². The minimum atomic E-state index is -3.51. The van der Waals surface area contributed by atoms with Gasteiger partial charge in [-0.1, -0.05) is 24.3 Å². The molecular weight excluding hydrogens is 489 g/mol. The molecule has 2 aromatic heterocycles. The number of nitrogens with zero attached hydrogens (tertiary/aromatic N) is 3. The van der Waals surface area contributed by atoms with Gasteiger partial charge in [-0.15, -0.1) is 11.3 Å². The van der Waals surface area contributed by atoms with Crippen molar-refractivity contribution in [2.24, 2.45) is 0 Å². The Labute approximate surface area is 206 Å². The summed E-state index contributed by atoms with van der Waals surface area (Å²) in [7, 11) is -3.51. The van der Waals surface area contributed by atoms with Crippen molar-refractivity contribution in [2.45, 2.75) is 23.8 Å². The third kappa shape index (κ3) is 4.76. The van der Waals surface area contributed by atoms with E-state index in [1.54, 1.807) is 5.38 Å². The lowest BCUT2D eigenvalue weighted by atomic mass is 10.1. The molecule has 0 atom stereocenters. The normalized spacial score (nSPS) is 14.9. The highest BCUT2D eigenvalue weighted by molar-refractivity contribution is 7.90. The topological polar surface area (TPSA) is 89.5 Å². The molecule has 5 rings (SSSR count). The maximum absolute atomic E-state index is 14.8. The summed E-state index contributed by atoms with van der Waals surface area (Å²) >= 11 is 1.35. The van der Waals surface area contributed by atoms with Gasteiger partial charge in [0.25, 0.3) is 5.91 Å². The Morgan fingerprint density at radius 2 is 1.83 bits per heavy atom. The molecule has 0 saturated carbocycles. The Hall–Kier alpha value is -3.37. The molecule has 1 amide bonds. The van der Waals surface area contributed by atoms with E-state index in [-0.39, 0.29) is 22.5 Å². The Kier molecular flexibility index (Phi) is 6.24. The average molecular weight is 512 g/mol. The molecule has 1 saturated heterocycles. The molecule has 1 aliphatic heterocycles. The van der Waals surface area contributed by atoms with Gasteiger partial charge in [0.05, 0.1) is 10.4 Å². The van der Waals surface area contributed by atoms with Crippen molar-refractivity contribution in [3.63, 3.8) is 0 Å². The number of thiophene rings is 1. The number of rotatable bonds is 5. The maximum Gasteiger partial charge on any atom is 0.253 e. The molecular formula is C25H22FN3O4S2. The number of hydrogen-bond donors (Lipinski definition) is 0. The summed E-state index contributed by atoms with van der Waals surface area (Å²) in [5.74, 6) is -0.197. The monoisotopic (exact) mass is 511 g/mol. The lowest BCUT2D eigenvalue weighted by molar-refractivity contribution is 0.0591. The first-order valence-electron chi connectivity index (χ1n) is 11.0. The number of ether oxygens (including phenoxy) is 1. The van der Waals surface area contributed by atoms with Crippen LogP contribution in [0.5, 0.6) is 5.88 Å². The number of hydrogen-bond acceptors (Lipinski definition) is 7. The van der Waals surface area contributed by atoms with Crippen molar-refractivity contribution in [3.8, 4) is 17.0 Å². The molecule has 10 heteroatoms. The van der Waals surface area contributed by atoms with Gasteiger partial charge < -0.3 is 9.64 Å². The summed E-state index contributed by atoms with van der Waals surface area (Å²) in [6.45, 7) is 1.17. The van der Waals surface area contributed by atoms with E-state index in [0.29, 0.717) is 53.2 Å². The molecule has 2 aromatic carbocycles. The van der Waals surface area contributed by atoms with Crippen molar-refractivity contribution in [1.82, 2.24) is 14.9 Å². The molecule has 0 bridgehead atoms. The van der Waals surface area contributed by atoms with E-state index >= 15 is 0 Å².